The van der Waals surface area contributed by atoms with E-state index < -0.39 is 12.0 Å². The van der Waals surface area contributed by atoms with Crippen LogP contribution in [0.2, 0.25) is 0 Å². The Morgan fingerprint density at radius 2 is 1.94 bits per heavy atom. The van der Waals surface area contributed by atoms with Gasteiger partial charge in [-0.05, 0) is 37.0 Å². The SMILES string of the molecule is CC(C)(C)C1CCCCC12CCC(C(=O)O)NN2. The van der Waals surface area contributed by atoms with Crippen LogP contribution in [-0.4, -0.2) is 22.7 Å². The van der Waals surface area contributed by atoms with Gasteiger partial charge in [0, 0.05) is 5.54 Å². The second kappa shape index (κ2) is 4.82. The lowest BCUT2D eigenvalue weighted by atomic mass is 9.60. The first-order chi connectivity index (χ1) is 8.35. The molecule has 4 nitrogen and oxygen atoms in total. The maximum atomic E-state index is 11.0. The number of rotatable bonds is 1. The van der Waals surface area contributed by atoms with Crippen LogP contribution in [-0.2, 0) is 4.79 Å². The summed E-state index contributed by atoms with van der Waals surface area (Å²) < 4.78 is 0. The molecule has 2 fully saturated rings. The molecule has 1 aliphatic carbocycles. The van der Waals surface area contributed by atoms with E-state index in [1.54, 1.807) is 0 Å². The van der Waals surface area contributed by atoms with Gasteiger partial charge in [0.05, 0.1) is 0 Å². The lowest BCUT2D eigenvalue weighted by molar-refractivity contribution is -0.142. The third-order valence-corrected chi connectivity index (χ3v) is 4.75. The van der Waals surface area contributed by atoms with Gasteiger partial charge < -0.3 is 5.11 Å². The topological polar surface area (TPSA) is 61.4 Å². The molecule has 0 radical (unpaired) electrons. The Morgan fingerprint density at radius 3 is 2.44 bits per heavy atom. The minimum Gasteiger partial charge on any atom is -0.480 e. The molecule has 0 aromatic heterocycles. The highest BCUT2D eigenvalue weighted by atomic mass is 16.4. The van der Waals surface area contributed by atoms with Crippen LogP contribution in [0.25, 0.3) is 0 Å². The Bertz CT molecular complexity index is 314. The molecule has 0 bridgehead atoms. The molecule has 1 aliphatic heterocycles. The van der Waals surface area contributed by atoms with Crippen molar-refractivity contribution in [2.75, 3.05) is 0 Å². The van der Waals surface area contributed by atoms with E-state index in [4.69, 9.17) is 5.11 Å². The predicted octanol–water partition coefficient (Wildman–Crippen LogP) is 2.30. The van der Waals surface area contributed by atoms with E-state index in [1.807, 2.05) is 0 Å². The summed E-state index contributed by atoms with van der Waals surface area (Å²) in [5.74, 6) is -0.138. The highest BCUT2D eigenvalue weighted by Gasteiger charge is 2.48. The normalized spacial score (nSPS) is 37.7. The summed E-state index contributed by atoms with van der Waals surface area (Å²) in [4.78, 5) is 11.0. The van der Waals surface area contributed by atoms with Crippen molar-refractivity contribution < 1.29 is 9.90 Å². The average Bonchev–Trinajstić information content (AvgIpc) is 2.28. The molecule has 3 N–H and O–H groups in total. The molecule has 0 aromatic carbocycles. The van der Waals surface area contributed by atoms with Crippen molar-refractivity contribution in [1.82, 2.24) is 10.9 Å². The van der Waals surface area contributed by atoms with Gasteiger partial charge in [0.2, 0.25) is 0 Å². The fourth-order valence-electron chi connectivity index (χ4n) is 3.90. The van der Waals surface area contributed by atoms with Crippen LogP contribution in [0.5, 0.6) is 0 Å². The first-order valence-electron chi connectivity index (χ1n) is 7.11. The molecule has 4 heteroatoms. The fraction of sp³-hybridized carbons (Fsp3) is 0.929. The van der Waals surface area contributed by atoms with Crippen molar-refractivity contribution in [2.24, 2.45) is 11.3 Å². The van der Waals surface area contributed by atoms with Crippen LogP contribution < -0.4 is 10.9 Å². The summed E-state index contributed by atoms with van der Waals surface area (Å²) in [7, 11) is 0. The van der Waals surface area contributed by atoms with E-state index in [9.17, 15) is 4.79 Å². The number of hydrogen-bond donors (Lipinski definition) is 3. The molecule has 3 atom stereocenters. The van der Waals surface area contributed by atoms with Crippen molar-refractivity contribution in [1.29, 1.82) is 0 Å². The second-order valence-electron chi connectivity index (χ2n) is 7.02. The Labute approximate surface area is 109 Å². The van der Waals surface area contributed by atoms with Crippen molar-refractivity contribution in [3.63, 3.8) is 0 Å². The molecule has 1 saturated carbocycles. The van der Waals surface area contributed by atoms with E-state index in [0.29, 0.717) is 5.92 Å². The van der Waals surface area contributed by atoms with Gasteiger partial charge in [0.1, 0.15) is 6.04 Å². The summed E-state index contributed by atoms with van der Waals surface area (Å²) in [6.07, 6.45) is 6.66. The second-order valence-corrected chi connectivity index (χ2v) is 7.02. The molecule has 1 heterocycles. The number of hydrazine groups is 1. The van der Waals surface area contributed by atoms with Crippen LogP contribution in [0.3, 0.4) is 0 Å². The highest BCUT2D eigenvalue weighted by molar-refractivity contribution is 5.73. The molecule has 2 aliphatic rings. The number of aliphatic carboxylic acids is 1. The van der Waals surface area contributed by atoms with Crippen LogP contribution in [0.15, 0.2) is 0 Å². The molecular weight excluding hydrogens is 228 g/mol. The Morgan fingerprint density at radius 1 is 1.22 bits per heavy atom. The van der Waals surface area contributed by atoms with Crippen LogP contribution in [0.4, 0.5) is 0 Å². The maximum Gasteiger partial charge on any atom is 0.322 e. The average molecular weight is 254 g/mol. The van der Waals surface area contributed by atoms with E-state index >= 15 is 0 Å². The summed E-state index contributed by atoms with van der Waals surface area (Å²) >= 11 is 0. The number of nitrogens with one attached hydrogen (secondary N) is 2. The number of carboxylic acids is 1. The van der Waals surface area contributed by atoms with Gasteiger partial charge in [-0.25, -0.2) is 5.43 Å². The predicted molar refractivity (Wildman–Crippen MR) is 71.1 cm³/mol. The molecule has 0 amide bonds. The third kappa shape index (κ3) is 2.54. The first kappa shape index (κ1) is 13.8. The van der Waals surface area contributed by atoms with E-state index in [-0.39, 0.29) is 11.0 Å². The summed E-state index contributed by atoms with van der Waals surface area (Å²) in [5.41, 5.74) is 6.79. The van der Waals surface area contributed by atoms with Crippen LogP contribution in [0.1, 0.15) is 59.3 Å². The first-order valence-corrected chi connectivity index (χ1v) is 7.11. The lowest BCUT2D eigenvalue weighted by Gasteiger charge is -2.53. The summed E-state index contributed by atoms with van der Waals surface area (Å²) in [5, 5.41) is 9.05. The van der Waals surface area contributed by atoms with Gasteiger partial charge in [-0.3, -0.25) is 10.2 Å². The maximum absolute atomic E-state index is 11.0. The largest absolute Gasteiger partial charge is 0.480 e. The standard InChI is InChI=1S/C14H26N2O2/c1-13(2,3)11-6-4-5-8-14(11)9-7-10(12(17)18)15-16-14/h10-11,15-16H,4-9H2,1-3H3,(H,17,18). The quantitative estimate of drug-likeness (QED) is 0.672. The third-order valence-electron chi connectivity index (χ3n) is 4.75. The van der Waals surface area contributed by atoms with Gasteiger partial charge >= 0.3 is 5.97 Å². The number of carboxylic acid groups (broad SMARTS) is 1. The summed E-state index contributed by atoms with van der Waals surface area (Å²) in [6, 6.07) is -0.432. The Hall–Kier alpha value is -0.610. The monoisotopic (exact) mass is 254 g/mol. The van der Waals surface area contributed by atoms with E-state index in [1.165, 1.54) is 19.3 Å². The van der Waals surface area contributed by atoms with Crippen LogP contribution in [0, 0.1) is 11.3 Å². The fourth-order valence-corrected chi connectivity index (χ4v) is 3.90. The van der Waals surface area contributed by atoms with Crippen molar-refractivity contribution in [3.05, 3.63) is 0 Å². The summed E-state index contributed by atoms with van der Waals surface area (Å²) in [6.45, 7) is 6.90. The molecule has 3 unspecified atom stereocenters. The van der Waals surface area contributed by atoms with E-state index in [0.717, 1.165) is 19.3 Å². The van der Waals surface area contributed by atoms with Crippen molar-refractivity contribution in [3.8, 4) is 0 Å². The molecule has 18 heavy (non-hydrogen) atoms. The highest BCUT2D eigenvalue weighted by Crippen LogP contribution is 2.47. The van der Waals surface area contributed by atoms with Gasteiger partial charge in [-0.1, -0.05) is 33.6 Å². The molecular formula is C14H26N2O2. The minimum atomic E-state index is -0.750. The zero-order valence-electron chi connectivity index (χ0n) is 11.8. The van der Waals surface area contributed by atoms with Crippen molar-refractivity contribution in [2.45, 2.75) is 70.9 Å². The molecule has 1 saturated heterocycles. The van der Waals surface area contributed by atoms with Gasteiger partial charge in [-0.15, -0.1) is 0 Å². The molecule has 104 valence electrons. The molecule has 1 spiro atoms. The van der Waals surface area contributed by atoms with Gasteiger partial charge in [0.15, 0.2) is 0 Å². The smallest absolute Gasteiger partial charge is 0.322 e. The number of carbonyl (C=O) groups is 1. The Balaban J connectivity index is 2.12. The van der Waals surface area contributed by atoms with Crippen molar-refractivity contribution >= 4 is 5.97 Å². The zero-order chi connectivity index (χ0) is 13.4. The zero-order valence-corrected chi connectivity index (χ0v) is 11.8. The van der Waals surface area contributed by atoms with Gasteiger partial charge in [-0.2, -0.15) is 0 Å². The lowest BCUT2D eigenvalue weighted by Crippen LogP contribution is -2.67. The molecule has 2 rings (SSSR count). The van der Waals surface area contributed by atoms with Gasteiger partial charge in [0.25, 0.3) is 0 Å². The Kier molecular flexibility index (Phi) is 3.70. The minimum absolute atomic E-state index is 0.0997. The van der Waals surface area contributed by atoms with E-state index in [2.05, 4.69) is 31.6 Å². The molecule has 0 aromatic rings. The van der Waals surface area contributed by atoms with Crippen LogP contribution >= 0.6 is 0 Å². The number of hydrogen-bond acceptors (Lipinski definition) is 3.